The van der Waals surface area contributed by atoms with Crippen LogP contribution in [-0.2, 0) is 9.84 Å². The Bertz CT molecular complexity index is 255. The lowest BCUT2D eigenvalue weighted by molar-refractivity contribution is 0.570. The van der Waals surface area contributed by atoms with Crippen LogP contribution in [0.25, 0.3) is 0 Å². The predicted molar refractivity (Wildman–Crippen MR) is 71.5 cm³/mol. The van der Waals surface area contributed by atoms with E-state index in [9.17, 15) is 8.42 Å². The molecule has 16 heavy (non-hydrogen) atoms. The van der Waals surface area contributed by atoms with E-state index in [-0.39, 0.29) is 0 Å². The first-order chi connectivity index (χ1) is 7.56. The number of allylic oxidation sites excluding steroid dienone is 1. The van der Waals surface area contributed by atoms with Gasteiger partial charge in [-0.1, -0.05) is 44.6 Å². The molecule has 0 aliphatic carbocycles. The second-order valence-corrected chi connectivity index (χ2v) is 6.80. The summed E-state index contributed by atoms with van der Waals surface area (Å²) in [5.41, 5.74) is 0. The number of rotatable bonds is 11. The summed E-state index contributed by atoms with van der Waals surface area (Å²) in [5, 5.41) is 0. The molecule has 0 saturated carbocycles. The van der Waals surface area contributed by atoms with Crippen LogP contribution in [0, 0.1) is 0 Å². The van der Waals surface area contributed by atoms with Crippen molar-refractivity contribution >= 4 is 9.84 Å². The third-order valence-corrected chi connectivity index (χ3v) is 3.70. The van der Waals surface area contributed by atoms with Gasteiger partial charge in [0.15, 0.2) is 0 Å². The van der Waals surface area contributed by atoms with E-state index >= 15 is 0 Å². The van der Waals surface area contributed by atoms with E-state index in [1.54, 1.807) is 0 Å². The van der Waals surface area contributed by atoms with Crippen molar-refractivity contribution in [1.29, 1.82) is 0 Å². The van der Waals surface area contributed by atoms with Gasteiger partial charge >= 0.3 is 0 Å². The summed E-state index contributed by atoms with van der Waals surface area (Å²) in [6, 6.07) is 0. The van der Waals surface area contributed by atoms with Gasteiger partial charge in [0.1, 0.15) is 9.84 Å². The Morgan fingerprint density at radius 1 is 0.875 bits per heavy atom. The molecule has 0 amide bonds. The van der Waals surface area contributed by atoms with Gasteiger partial charge in [0.05, 0.1) is 0 Å². The van der Waals surface area contributed by atoms with Gasteiger partial charge in [0.25, 0.3) is 0 Å². The smallest absolute Gasteiger partial charge is 0.147 e. The van der Waals surface area contributed by atoms with Crippen molar-refractivity contribution in [3.63, 3.8) is 0 Å². The van der Waals surface area contributed by atoms with Gasteiger partial charge in [-0.25, -0.2) is 8.42 Å². The summed E-state index contributed by atoms with van der Waals surface area (Å²) in [4.78, 5) is 0. The molecule has 0 aliphatic rings. The molecular weight excluding hydrogens is 220 g/mol. The maximum Gasteiger partial charge on any atom is 0.147 e. The molecule has 0 spiro atoms. The zero-order chi connectivity index (χ0) is 12.3. The van der Waals surface area contributed by atoms with Crippen LogP contribution in [0.3, 0.4) is 0 Å². The number of hydrogen-bond acceptors (Lipinski definition) is 2. The Morgan fingerprint density at radius 2 is 1.31 bits per heavy atom. The average molecular weight is 246 g/mol. The number of sulfone groups is 1. The maximum absolute atomic E-state index is 10.9. The number of hydrogen-bond donors (Lipinski definition) is 0. The Hall–Kier alpha value is -0.310. The summed E-state index contributed by atoms with van der Waals surface area (Å²) >= 11 is 0. The van der Waals surface area contributed by atoms with Crippen molar-refractivity contribution in [3.05, 3.63) is 12.7 Å². The van der Waals surface area contributed by atoms with E-state index in [1.807, 2.05) is 6.08 Å². The van der Waals surface area contributed by atoms with Crippen LogP contribution in [0.1, 0.15) is 57.8 Å². The minimum atomic E-state index is -2.74. The zero-order valence-corrected chi connectivity index (χ0v) is 11.4. The summed E-state index contributed by atoms with van der Waals surface area (Å²) in [7, 11) is -2.74. The maximum atomic E-state index is 10.9. The largest absolute Gasteiger partial charge is 0.229 e. The van der Waals surface area contributed by atoms with Crippen molar-refractivity contribution in [2.45, 2.75) is 57.8 Å². The minimum absolute atomic E-state index is 0.354. The van der Waals surface area contributed by atoms with Crippen LogP contribution >= 0.6 is 0 Å². The fourth-order valence-electron chi connectivity index (χ4n) is 1.71. The van der Waals surface area contributed by atoms with Crippen LogP contribution in [0.4, 0.5) is 0 Å². The normalized spacial score (nSPS) is 11.6. The fourth-order valence-corrected chi connectivity index (χ4v) is 2.44. The van der Waals surface area contributed by atoms with Crippen LogP contribution in [0.2, 0.25) is 0 Å². The molecule has 0 unspecified atom stereocenters. The first kappa shape index (κ1) is 15.7. The fraction of sp³-hybridized carbons (Fsp3) is 0.846. The van der Waals surface area contributed by atoms with Crippen LogP contribution in [0.5, 0.6) is 0 Å². The number of unbranched alkanes of at least 4 members (excludes halogenated alkanes) is 8. The molecule has 96 valence electrons. The quantitative estimate of drug-likeness (QED) is 0.411. The minimum Gasteiger partial charge on any atom is -0.229 e. The van der Waals surface area contributed by atoms with Gasteiger partial charge in [0, 0.05) is 12.0 Å². The van der Waals surface area contributed by atoms with E-state index in [0.717, 1.165) is 19.3 Å². The zero-order valence-electron chi connectivity index (χ0n) is 10.6. The highest BCUT2D eigenvalue weighted by Gasteiger charge is 2.00. The van der Waals surface area contributed by atoms with E-state index in [0.29, 0.717) is 5.75 Å². The standard InChI is InChI=1S/C13H26O2S/c1-3-4-5-6-7-8-9-10-11-12-13-16(2,14)15/h3H,1,4-13H2,2H3. The van der Waals surface area contributed by atoms with Gasteiger partial charge in [0.2, 0.25) is 0 Å². The van der Waals surface area contributed by atoms with Crippen LogP contribution < -0.4 is 0 Å². The van der Waals surface area contributed by atoms with E-state index in [2.05, 4.69) is 6.58 Å². The van der Waals surface area contributed by atoms with Crippen molar-refractivity contribution in [3.8, 4) is 0 Å². The van der Waals surface area contributed by atoms with Gasteiger partial charge in [-0.2, -0.15) is 0 Å². The molecule has 2 nitrogen and oxygen atoms in total. The highest BCUT2D eigenvalue weighted by molar-refractivity contribution is 7.90. The summed E-state index contributed by atoms with van der Waals surface area (Å²) in [6.07, 6.45) is 13.9. The summed E-state index contributed by atoms with van der Waals surface area (Å²) < 4.78 is 21.7. The lowest BCUT2D eigenvalue weighted by Crippen LogP contribution is -2.02. The summed E-state index contributed by atoms with van der Waals surface area (Å²) in [6.45, 7) is 3.70. The van der Waals surface area contributed by atoms with E-state index in [4.69, 9.17) is 0 Å². The molecule has 0 atom stereocenters. The highest BCUT2D eigenvalue weighted by atomic mass is 32.2. The first-order valence-electron chi connectivity index (χ1n) is 6.35. The van der Waals surface area contributed by atoms with E-state index < -0.39 is 9.84 Å². The Balaban J connectivity index is 3.07. The Labute approximate surface area is 101 Å². The van der Waals surface area contributed by atoms with Gasteiger partial charge in [-0.05, 0) is 19.3 Å². The van der Waals surface area contributed by atoms with Crippen LogP contribution in [0.15, 0.2) is 12.7 Å². The first-order valence-corrected chi connectivity index (χ1v) is 8.41. The molecule has 0 aliphatic heterocycles. The lowest BCUT2D eigenvalue weighted by atomic mass is 10.1. The SMILES string of the molecule is C=CCCCCCCCCCCS(C)(=O)=O. The van der Waals surface area contributed by atoms with Crippen molar-refractivity contribution in [1.82, 2.24) is 0 Å². The molecule has 0 fully saturated rings. The average Bonchev–Trinajstić information content (AvgIpc) is 2.19. The second kappa shape index (κ2) is 9.88. The monoisotopic (exact) mass is 246 g/mol. The third-order valence-electron chi connectivity index (χ3n) is 2.67. The molecule has 0 bridgehead atoms. The molecule has 0 N–H and O–H groups in total. The van der Waals surface area contributed by atoms with E-state index in [1.165, 1.54) is 44.8 Å². The Morgan fingerprint density at radius 3 is 1.75 bits per heavy atom. The Kier molecular flexibility index (Phi) is 9.69. The predicted octanol–water partition coefficient (Wildman–Crippen LogP) is 3.73. The third kappa shape index (κ3) is 13.7. The molecule has 0 heterocycles. The summed E-state index contributed by atoms with van der Waals surface area (Å²) in [5.74, 6) is 0.354. The van der Waals surface area contributed by atoms with Crippen LogP contribution in [-0.4, -0.2) is 20.4 Å². The molecule has 3 heteroatoms. The molecule has 0 aromatic rings. The topological polar surface area (TPSA) is 34.1 Å². The van der Waals surface area contributed by atoms with Gasteiger partial charge in [-0.15, -0.1) is 6.58 Å². The molecule has 0 aromatic carbocycles. The molecule has 0 radical (unpaired) electrons. The molecule has 0 saturated heterocycles. The second-order valence-electron chi connectivity index (χ2n) is 4.54. The van der Waals surface area contributed by atoms with Gasteiger partial charge < -0.3 is 0 Å². The highest BCUT2D eigenvalue weighted by Crippen LogP contribution is 2.10. The van der Waals surface area contributed by atoms with Gasteiger partial charge in [-0.3, -0.25) is 0 Å². The lowest BCUT2D eigenvalue weighted by Gasteiger charge is -2.01. The van der Waals surface area contributed by atoms with Crippen molar-refractivity contribution in [2.75, 3.05) is 12.0 Å². The van der Waals surface area contributed by atoms with Crippen molar-refractivity contribution in [2.24, 2.45) is 0 Å². The molecule has 0 rings (SSSR count). The van der Waals surface area contributed by atoms with Crippen molar-refractivity contribution < 1.29 is 8.42 Å². The molecular formula is C13H26O2S. The molecule has 0 aromatic heterocycles.